The highest BCUT2D eigenvalue weighted by molar-refractivity contribution is 7.99. The number of carbonyl (C=O) groups excluding carboxylic acids is 2. The predicted molar refractivity (Wildman–Crippen MR) is 144 cm³/mol. The zero-order valence-corrected chi connectivity index (χ0v) is 21.5. The third kappa shape index (κ3) is 8.10. The molecule has 0 saturated heterocycles. The summed E-state index contributed by atoms with van der Waals surface area (Å²) in [5.41, 5.74) is 2.74. The first kappa shape index (κ1) is 27.2. The maximum atomic E-state index is 13.5. The van der Waals surface area contributed by atoms with Gasteiger partial charge in [-0.15, -0.1) is 11.8 Å². The molecule has 0 aliphatic rings. The molecule has 0 aliphatic carbocycles. The van der Waals surface area contributed by atoms with Gasteiger partial charge in [0.25, 0.3) is 5.69 Å². The third-order valence-corrected chi connectivity index (χ3v) is 6.77. The molecule has 3 aromatic carbocycles. The van der Waals surface area contributed by atoms with Gasteiger partial charge in [0.2, 0.25) is 11.8 Å². The van der Waals surface area contributed by atoms with Crippen LogP contribution < -0.4 is 5.32 Å². The standard InChI is InChI=1S/C27H28ClN3O4S/c1-2-29-27(33)25(16-20-6-4-3-5-7-20)30(17-21-8-12-23(28)13-9-21)26(32)19-36-18-22-10-14-24(15-11-22)31(34)35/h3-15,25H,2,16-19H2,1H3,(H,29,33). The lowest BCUT2D eigenvalue weighted by Crippen LogP contribution is -2.51. The third-order valence-electron chi connectivity index (χ3n) is 5.53. The van der Waals surface area contributed by atoms with Crippen molar-refractivity contribution in [2.75, 3.05) is 12.3 Å². The van der Waals surface area contributed by atoms with Gasteiger partial charge in [-0.25, -0.2) is 0 Å². The second-order valence-corrected chi connectivity index (χ2v) is 9.59. The van der Waals surface area contributed by atoms with Crippen LogP contribution >= 0.6 is 23.4 Å². The zero-order chi connectivity index (χ0) is 25.9. The summed E-state index contributed by atoms with van der Waals surface area (Å²) in [6.45, 7) is 2.58. The van der Waals surface area contributed by atoms with Crippen LogP contribution in [0.4, 0.5) is 5.69 Å². The molecule has 9 heteroatoms. The molecule has 0 saturated carbocycles. The number of hydrogen-bond acceptors (Lipinski definition) is 5. The van der Waals surface area contributed by atoms with E-state index in [4.69, 9.17) is 11.6 Å². The minimum absolute atomic E-state index is 0.0275. The Balaban J connectivity index is 1.79. The van der Waals surface area contributed by atoms with E-state index in [1.807, 2.05) is 49.4 Å². The molecule has 1 unspecified atom stereocenters. The van der Waals surface area contributed by atoms with Gasteiger partial charge in [-0.2, -0.15) is 0 Å². The molecule has 1 atom stereocenters. The lowest BCUT2D eigenvalue weighted by molar-refractivity contribution is -0.384. The lowest BCUT2D eigenvalue weighted by Gasteiger charge is -2.31. The van der Waals surface area contributed by atoms with Crippen molar-refractivity contribution >= 4 is 40.9 Å². The number of non-ortho nitro benzene ring substituents is 1. The van der Waals surface area contributed by atoms with E-state index in [2.05, 4.69) is 5.32 Å². The SMILES string of the molecule is CCNC(=O)C(Cc1ccccc1)N(Cc1ccc(Cl)cc1)C(=O)CSCc1ccc([N+](=O)[O-])cc1. The van der Waals surface area contributed by atoms with Gasteiger partial charge in [-0.05, 0) is 35.7 Å². The molecule has 3 rings (SSSR count). The van der Waals surface area contributed by atoms with Gasteiger partial charge in [0, 0.05) is 42.4 Å². The molecule has 0 bridgehead atoms. The van der Waals surface area contributed by atoms with E-state index >= 15 is 0 Å². The fourth-order valence-corrected chi connectivity index (χ4v) is 4.68. The molecule has 1 N–H and O–H groups in total. The number of likely N-dealkylation sites (N-methyl/N-ethyl adjacent to an activating group) is 1. The van der Waals surface area contributed by atoms with Crippen molar-refractivity contribution in [2.24, 2.45) is 0 Å². The van der Waals surface area contributed by atoms with Crippen LogP contribution in [-0.4, -0.2) is 40.0 Å². The van der Waals surface area contributed by atoms with Gasteiger partial charge >= 0.3 is 0 Å². The average molecular weight is 526 g/mol. The maximum absolute atomic E-state index is 13.5. The first-order valence-corrected chi connectivity index (χ1v) is 13.1. The fraction of sp³-hybridized carbons (Fsp3) is 0.259. The highest BCUT2D eigenvalue weighted by Crippen LogP contribution is 2.20. The van der Waals surface area contributed by atoms with Crippen molar-refractivity contribution in [1.82, 2.24) is 10.2 Å². The van der Waals surface area contributed by atoms with Gasteiger partial charge in [-0.1, -0.05) is 66.2 Å². The monoisotopic (exact) mass is 525 g/mol. The lowest BCUT2D eigenvalue weighted by atomic mass is 10.0. The number of nitro benzene ring substituents is 1. The zero-order valence-electron chi connectivity index (χ0n) is 19.9. The number of nitro groups is 1. The summed E-state index contributed by atoms with van der Waals surface area (Å²) >= 11 is 7.45. The van der Waals surface area contributed by atoms with Gasteiger partial charge in [0.1, 0.15) is 6.04 Å². The first-order valence-electron chi connectivity index (χ1n) is 11.5. The van der Waals surface area contributed by atoms with Crippen molar-refractivity contribution in [3.63, 3.8) is 0 Å². The molecule has 0 radical (unpaired) electrons. The molecule has 0 aliphatic heterocycles. The number of halogens is 1. The Morgan fingerprint density at radius 1 is 0.972 bits per heavy atom. The molecule has 0 heterocycles. The fourth-order valence-electron chi connectivity index (χ4n) is 3.69. The Bertz CT molecular complexity index is 1160. The summed E-state index contributed by atoms with van der Waals surface area (Å²) < 4.78 is 0. The Kier molecular flexibility index (Phi) is 10.3. The Labute approximate surface area is 220 Å². The van der Waals surface area contributed by atoms with E-state index in [1.54, 1.807) is 29.2 Å². The van der Waals surface area contributed by atoms with Gasteiger partial charge < -0.3 is 10.2 Å². The summed E-state index contributed by atoms with van der Waals surface area (Å²) in [6.07, 6.45) is 0.388. The van der Waals surface area contributed by atoms with Crippen molar-refractivity contribution < 1.29 is 14.5 Å². The molecule has 0 aromatic heterocycles. The van der Waals surface area contributed by atoms with Crippen LogP contribution in [0, 0.1) is 10.1 Å². The molecule has 36 heavy (non-hydrogen) atoms. The number of rotatable bonds is 12. The summed E-state index contributed by atoms with van der Waals surface area (Å²) in [7, 11) is 0. The molecule has 2 amide bonds. The average Bonchev–Trinajstić information content (AvgIpc) is 2.88. The summed E-state index contributed by atoms with van der Waals surface area (Å²) in [5.74, 6) is 0.311. The van der Waals surface area contributed by atoms with Crippen LogP contribution in [0.25, 0.3) is 0 Å². The minimum Gasteiger partial charge on any atom is -0.355 e. The van der Waals surface area contributed by atoms with E-state index < -0.39 is 11.0 Å². The summed E-state index contributed by atoms with van der Waals surface area (Å²) in [5, 5.41) is 14.3. The van der Waals surface area contributed by atoms with Crippen molar-refractivity contribution in [3.8, 4) is 0 Å². The van der Waals surface area contributed by atoms with Crippen LogP contribution in [0.15, 0.2) is 78.9 Å². The van der Waals surface area contributed by atoms with Crippen LogP contribution in [0.2, 0.25) is 5.02 Å². The van der Waals surface area contributed by atoms with E-state index in [0.717, 1.165) is 16.7 Å². The Morgan fingerprint density at radius 3 is 2.22 bits per heavy atom. The first-order chi connectivity index (χ1) is 17.4. The van der Waals surface area contributed by atoms with Crippen molar-refractivity contribution in [3.05, 3.63) is 111 Å². The quantitative estimate of drug-likeness (QED) is 0.257. The van der Waals surface area contributed by atoms with Crippen LogP contribution in [-0.2, 0) is 28.3 Å². The largest absolute Gasteiger partial charge is 0.355 e. The Morgan fingerprint density at radius 2 is 1.61 bits per heavy atom. The predicted octanol–water partition coefficient (Wildman–Crippen LogP) is 5.26. The molecular formula is C27H28ClN3O4S. The van der Waals surface area contributed by atoms with Gasteiger partial charge in [-0.3, -0.25) is 19.7 Å². The summed E-state index contributed by atoms with van der Waals surface area (Å²) in [6, 6.07) is 22.5. The molecule has 7 nitrogen and oxygen atoms in total. The van der Waals surface area contributed by atoms with E-state index in [-0.39, 0.29) is 29.8 Å². The Hall–Kier alpha value is -3.36. The molecule has 0 spiro atoms. The number of thioether (sulfide) groups is 1. The maximum Gasteiger partial charge on any atom is 0.269 e. The van der Waals surface area contributed by atoms with Crippen molar-refractivity contribution in [2.45, 2.75) is 31.7 Å². The second-order valence-electron chi connectivity index (χ2n) is 8.16. The van der Waals surface area contributed by atoms with Crippen LogP contribution in [0.1, 0.15) is 23.6 Å². The number of nitrogens with zero attached hydrogens (tertiary/aromatic N) is 2. The second kappa shape index (κ2) is 13.7. The van der Waals surface area contributed by atoms with Crippen LogP contribution in [0.3, 0.4) is 0 Å². The van der Waals surface area contributed by atoms with Gasteiger partial charge in [0.05, 0.1) is 10.7 Å². The number of amides is 2. The normalized spacial score (nSPS) is 11.5. The number of nitrogens with one attached hydrogen (secondary N) is 1. The smallest absolute Gasteiger partial charge is 0.269 e. The highest BCUT2D eigenvalue weighted by Gasteiger charge is 2.30. The molecular weight excluding hydrogens is 498 g/mol. The van der Waals surface area contributed by atoms with Crippen LogP contribution in [0.5, 0.6) is 0 Å². The van der Waals surface area contributed by atoms with E-state index in [1.165, 1.54) is 23.9 Å². The van der Waals surface area contributed by atoms with E-state index in [9.17, 15) is 19.7 Å². The number of hydrogen-bond donors (Lipinski definition) is 1. The highest BCUT2D eigenvalue weighted by atomic mass is 35.5. The number of carbonyl (C=O) groups is 2. The van der Waals surface area contributed by atoms with E-state index in [0.29, 0.717) is 23.7 Å². The summed E-state index contributed by atoms with van der Waals surface area (Å²) in [4.78, 5) is 38.7. The van der Waals surface area contributed by atoms with Crippen molar-refractivity contribution in [1.29, 1.82) is 0 Å². The topological polar surface area (TPSA) is 92.6 Å². The molecule has 3 aromatic rings. The molecule has 0 fully saturated rings. The minimum atomic E-state index is -0.685. The number of benzene rings is 3. The van der Waals surface area contributed by atoms with Gasteiger partial charge in [0.15, 0.2) is 0 Å². The molecule has 188 valence electrons.